The van der Waals surface area contributed by atoms with Gasteiger partial charge in [-0.15, -0.1) is 0 Å². The van der Waals surface area contributed by atoms with Crippen molar-refractivity contribution in [3.8, 4) is 5.75 Å². The highest BCUT2D eigenvalue weighted by atomic mass is 35.5. The van der Waals surface area contributed by atoms with Crippen LogP contribution in [0.5, 0.6) is 5.75 Å². The fourth-order valence-corrected chi connectivity index (χ4v) is 2.41. The molecule has 2 aromatic carbocycles. The molecular weight excluding hydrogens is 263 g/mol. The maximum absolute atomic E-state index is 9.16. The van der Waals surface area contributed by atoms with E-state index in [2.05, 4.69) is 0 Å². The van der Waals surface area contributed by atoms with Gasteiger partial charge in [-0.2, -0.15) is 0 Å². The van der Waals surface area contributed by atoms with Gasteiger partial charge < -0.3 is 5.11 Å². The van der Waals surface area contributed by atoms with Crippen molar-refractivity contribution in [1.82, 2.24) is 0 Å². The Hall–Kier alpha value is -0.830. The Kier molecular flexibility index (Phi) is 3.64. The Morgan fingerprint density at radius 2 is 1.44 bits per heavy atom. The minimum atomic E-state index is 0.262. The van der Waals surface area contributed by atoms with E-state index in [0.29, 0.717) is 10.0 Å². The molecule has 0 bridgehead atoms. The van der Waals surface area contributed by atoms with Crippen LogP contribution in [-0.4, -0.2) is 5.11 Å². The lowest BCUT2D eigenvalue weighted by molar-refractivity contribution is 0.475. The Bertz CT molecular complexity index is 497. The summed E-state index contributed by atoms with van der Waals surface area (Å²) in [7, 11) is 0. The van der Waals surface area contributed by atoms with Gasteiger partial charge in [0.05, 0.1) is 10.0 Å². The molecule has 82 valence electrons. The Balaban J connectivity index is 2.20. The number of benzene rings is 2. The average Bonchev–Trinajstić information content (AvgIpc) is 2.27. The quantitative estimate of drug-likeness (QED) is 0.842. The van der Waals surface area contributed by atoms with Gasteiger partial charge >= 0.3 is 0 Å². The van der Waals surface area contributed by atoms with Crippen LogP contribution in [-0.2, 0) is 0 Å². The van der Waals surface area contributed by atoms with E-state index in [4.69, 9.17) is 28.3 Å². The molecule has 4 heteroatoms. The first-order chi connectivity index (χ1) is 7.65. The van der Waals surface area contributed by atoms with Gasteiger partial charge in [-0.05, 0) is 42.5 Å². The molecule has 16 heavy (non-hydrogen) atoms. The third-order valence-corrected chi connectivity index (χ3v) is 3.70. The molecular formula is C12H8Cl2OS. The lowest BCUT2D eigenvalue weighted by Gasteiger charge is -2.03. The van der Waals surface area contributed by atoms with E-state index >= 15 is 0 Å². The van der Waals surface area contributed by atoms with Crippen molar-refractivity contribution in [2.24, 2.45) is 0 Å². The molecule has 1 N–H and O–H groups in total. The number of phenols is 1. The summed E-state index contributed by atoms with van der Waals surface area (Å²) in [6.07, 6.45) is 0. The summed E-state index contributed by atoms with van der Waals surface area (Å²) in [6.45, 7) is 0. The molecule has 0 unspecified atom stereocenters. The molecule has 0 atom stereocenters. The number of hydrogen-bond donors (Lipinski definition) is 1. The third kappa shape index (κ3) is 2.85. The summed E-state index contributed by atoms with van der Waals surface area (Å²) >= 11 is 13.3. The van der Waals surface area contributed by atoms with Gasteiger partial charge in [0, 0.05) is 9.79 Å². The van der Waals surface area contributed by atoms with E-state index in [-0.39, 0.29) is 5.75 Å². The summed E-state index contributed by atoms with van der Waals surface area (Å²) in [4.78, 5) is 2.05. The summed E-state index contributed by atoms with van der Waals surface area (Å²) in [5.74, 6) is 0.262. The standard InChI is InChI=1S/C12H8Cl2OS/c13-11-6-5-10(7-12(11)14)16-9-3-1-8(15)2-4-9/h1-7,15H. The summed E-state index contributed by atoms with van der Waals surface area (Å²) in [5.41, 5.74) is 0. The Morgan fingerprint density at radius 3 is 2.06 bits per heavy atom. The first-order valence-corrected chi connectivity index (χ1v) is 6.14. The largest absolute Gasteiger partial charge is 0.508 e. The second-order valence-corrected chi connectivity index (χ2v) is 5.13. The van der Waals surface area contributed by atoms with Crippen LogP contribution in [0, 0.1) is 0 Å². The first kappa shape index (κ1) is 11.6. The van der Waals surface area contributed by atoms with Gasteiger partial charge in [0.2, 0.25) is 0 Å². The summed E-state index contributed by atoms with van der Waals surface area (Å²) in [5, 5.41) is 10.3. The lowest BCUT2D eigenvalue weighted by atomic mass is 10.3. The van der Waals surface area contributed by atoms with Crippen LogP contribution in [0.15, 0.2) is 52.3 Å². The molecule has 0 aromatic heterocycles. The number of hydrogen-bond acceptors (Lipinski definition) is 2. The van der Waals surface area contributed by atoms with Gasteiger partial charge in [0.1, 0.15) is 5.75 Å². The van der Waals surface area contributed by atoms with E-state index < -0.39 is 0 Å². The predicted molar refractivity (Wildman–Crippen MR) is 68.7 cm³/mol. The third-order valence-electron chi connectivity index (χ3n) is 1.96. The molecule has 0 heterocycles. The van der Waals surface area contributed by atoms with Crippen LogP contribution < -0.4 is 0 Å². The molecule has 0 saturated carbocycles. The van der Waals surface area contributed by atoms with Gasteiger partial charge in [0.25, 0.3) is 0 Å². The number of halogens is 2. The molecule has 0 fully saturated rings. The molecule has 0 aliphatic heterocycles. The zero-order chi connectivity index (χ0) is 11.5. The van der Waals surface area contributed by atoms with Crippen molar-refractivity contribution in [3.05, 3.63) is 52.5 Å². The molecule has 0 amide bonds. The van der Waals surface area contributed by atoms with Crippen LogP contribution >= 0.6 is 35.0 Å². The minimum Gasteiger partial charge on any atom is -0.508 e. The normalized spacial score (nSPS) is 10.4. The van der Waals surface area contributed by atoms with Gasteiger partial charge in [0.15, 0.2) is 0 Å². The van der Waals surface area contributed by atoms with Crippen LogP contribution in [0.2, 0.25) is 10.0 Å². The van der Waals surface area contributed by atoms with E-state index in [1.807, 2.05) is 24.3 Å². The molecule has 0 aliphatic carbocycles. The highest BCUT2D eigenvalue weighted by Gasteiger charge is 2.01. The smallest absolute Gasteiger partial charge is 0.115 e. The van der Waals surface area contributed by atoms with Crippen LogP contribution in [0.4, 0.5) is 0 Å². The van der Waals surface area contributed by atoms with Gasteiger partial charge in [-0.3, -0.25) is 0 Å². The lowest BCUT2D eigenvalue weighted by Crippen LogP contribution is -1.75. The van der Waals surface area contributed by atoms with Gasteiger partial charge in [-0.25, -0.2) is 0 Å². The second kappa shape index (κ2) is 5.00. The molecule has 1 nitrogen and oxygen atoms in total. The fraction of sp³-hybridized carbons (Fsp3) is 0. The molecule has 0 spiro atoms. The maximum atomic E-state index is 9.16. The number of phenolic OH excluding ortho intramolecular Hbond substituents is 1. The van der Waals surface area contributed by atoms with Gasteiger partial charge in [-0.1, -0.05) is 35.0 Å². The Morgan fingerprint density at radius 1 is 0.812 bits per heavy atom. The van der Waals surface area contributed by atoms with Crippen molar-refractivity contribution in [2.75, 3.05) is 0 Å². The zero-order valence-electron chi connectivity index (χ0n) is 8.15. The fourth-order valence-electron chi connectivity index (χ4n) is 1.19. The van der Waals surface area contributed by atoms with Crippen molar-refractivity contribution in [2.45, 2.75) is 9.79 Å². The van der Waals surface area contributed by atoms with Crippen molar-refractivity contribution in [3.63, 3.8) is 0 Å². The second-order valence-electron chi connectivity index (χ2n) is 3.17. The van der Waals surface area contributed by atoms with E-state index in [1.54, 1.807) is 30.0 Å². The summed E-state index contributed by atoms with van der Waals surface area (Å²) < 4.78 is 0. The first-order valence-electron chi connectivity index (χ1n) is 4.57. The monoisotopic (exact) mass is 270 g/mol. The molecule has 0 aliphatic rings. The predicted octanol–water partition coefficient (Wildman–Crippen LogP) is 4.85. The van der Waals surface area contributed by atoms with Crippen LogP contribution in [0.25, 0.3) is 0 Å². The Labute approximate surface area is 108 Å². The highest BCUT2D eigenvalue weighted by Crippen LogP contribution is 2.32. The van der Waals surface area contributed by atoms with E-state index in [0.717, 1.165) is 9.79 Å². The van der Waals surface area contributed by atoms with Crippen molar-refractivity contribution < 1.29 is 5.11 Å². The topological polar surface area (TPSA) is 20.2 Å². The number of aromatic hydroxyl groups is 1. The summed E-state index contributed by atoms with van der Waals surface area (Å²) in [6, 6.07) is 12.5. The van der Waals surface area contributed by atoms with Crippen molar-refractivity contribution >= 4 is 35.0 Å². The maximum Gasteiger partial charge on any atom is 0.115 e. The van der Waals surface area contributed by atoms with E-state index in [1.165, 1.54) is 0 Å². The van der Waals surface area contributed by atoms with Crippen LogP contribution in [0.3, 0.4) is 0 Å². The highest BCUT2D eigenvalue weighted by molar-refractivity contribution is 7.99. The minimum absolute atomic E-state index is 0.262. The van der Waals surface area contributed by atoms with Crippen molar-refractivity contribution in [1.29, 1.82) is 0 Å². The van der Waals surface area contributed by atoms with Crippen LogP contribution in [0.1, 0.15) is 0 Å². The number of rotatable bonds is 2. The average molecular weight is 271 g/mol. The zero-order valence-corrected chi connectivity index (χ0v) is 10.5. The molecule has 0 radical (unpaired) electrons. The molecule has 2 rings (SSSR count). The molecule has 0 saturated heterocycles. The van der Waals surface area contributed by atoms with E-state index in [9.17, 15) is 0 Å². The SMILES string of the molecule is Oc1ccc(Sc2ccc(Cl)c(Cl)c2)cc1. The molecule has 2 aromatic rings.